The first kappa shape index (κ1) is 12.5. The van der Waals surface area contributed by atoms with Crippen LogP contribution in [0.15, 0.2) is 18.2 Å². The number of Topliss-reactive ketones (excluding diaryl/α,β-unsaturated/α-hetero) is 1. The molecule has 19 heavy (non-hydrogen) atoms. The van der Waals surface area contributed by atoms with Gasteiger partial charge in [-0.2, -0.15) is 0 Å². The second-order valence-corrected chi connectivity index (χ2v) is 5.84. The standard InChI is InChI=1S/C17H21NO/c1-11-6-5-8-14-15(12(2)18-17(11)14)10-13-7-3-4-9-16(13)19/h5-6,8,13,18H,3-4,7,9-10H2,1-2H3. The molecule has 2 aromatic rings. The van der Waals surface area contributed by atoms with Gasteiger partial charge in [0.25, 0.3) is 0 Å². The average molecular weight is 255 g/mol. The molecule has 0 radical (unpaired) electrons. The molecule has 0 spiro atoms. The quantitative estimate of drug-likeness (QED) is 0.861. The molecule has 0 saturated heterocycles. The van der Waals surface area contributed by atoms with E-state index in [1.54, 1.807) is 0 Å². The number of carbonyl (C=O) groups excluding carboxylic acids is 1. The Morgan fingerprint density at radius 1 is 1.26 bits per heavy atom. The number of ketones is 1. The minimum Gasteiger partial charge on any atom is -0.358 e. The van der Waals surface area contributed by atoms with Gasteiger partial charge in [-0.3, -0.25) is 4.79 Å². The van der Waals surface area contributed by atoms with E-state index in [0.717, 1.165) is 25.7 Å². The number of para-hydroxylation sites is 1. The summed E-state index contributed by atoms with van der Waals surface area (Å²) in [7, 11) is 0. The average Bonchev–Trinajstić information content (AvgIpc) is 2.71. The number of fused-ring (bicyclic) bond motifs is 1. The molecule has 1 atom stereocenters. The highest BCUT2D eigenvalue weighted by Crippen LogP contribution is 2.30. The third-order valence-corrected chi connectivity index (χ3v) is 4.49. The summed E-state index contributed by atoms with van der Waals surface area (Å²) >= 11 is 0. The molecule has 0 amide bonds. The summed E-state index contributed by atoms with van der Waals surface area (Å²) in [6, 6.07) is 6.42. The Kier molecular flexibility index (Phi) is 3.17. The number of H-pyrrole nitrogens is 1. The Morgan fingerprint density at radius 3 is 2.89 bits per heavy atom. The van der Waals surface area contributed by atoms with Crippen molar-refractivity contribution in [3.8, 4) is 0 Å². The van der Waals surface area contributed by atoms with Crippen LogP contribution >= 0.6 is 0 Å². The first-order valence-corrected chi connectivity index (χ1v) is 7.26. The van der Waals surface area contributed by atoms with Crippen LogP contribution in [0.2, 0.25) is 0 Å². The number of rotatable bonds is 2. The van der Waals surface area contributed by atoms with Gasteiger partial charge in [-0.05, 0) is 44.2 Å². The summed E-state index contributed by atoms with van der Waals surface area (Å²) in [6.07, 6.45) is 5.05. The molecule has 1 heterocycles. The van der Waals surface area contributed by atoms with Crippen LogP contribution in [0.1, 0.15) is 42.5 Å². The fraction of sp³-hybridized carbons (Fsp3) is 0.471. The number of aromatic nitrogens is 1. The topological polar surface area (TPSA) is 32.9 Å². The molecule has 1 unspecified atom stereocenters. The number of aromatic amines is 1. The molecule has 0 aliphatic heterocycles. The number of hydrogen-bond donors (Lipinski definition) is 1. The van der Waals surface area contributed by atoms with Crippen molar-refractivity contribution in [3.63, 3.8) is 0 Å². The maximum Gasteiger partial charge on any atom is 0.136 e. The third-order valence-electron chi connectivity index (χ3n) is 4.49. The maximum absolute atomic E-state index is 12.0. The van der Waals surface area contributed by atoms with Gasteiger partial charge in [-0.1, -0.05) is 24.6 Å². The van der Waals surface area contributed by atoms with Crippen molar-refractivity contribution >= 4 is 16.7 Å². The van der Waals surface area contributed by atoms with E-state index in [4.69, 9.17) is 0 Å². The summed E-state index contributed by atoms with van der Waals surface area (Å²) in [4.78, 5) is 15.5. The van der Waals surface area contributed by atoms with Gasteiger partial charge in [0.15, 0.2) is 0 Å². The van der Waals surface area contributed by atoms with E-state index in [-0.39, 0.29) is 5.92 Å². The lowest BCUT2D eigenvalue weighted by Crippen LogP contribution is -2.21. The second-order valence-electron chi connectivity index (χ2n) is 5.84. The van der Waals surface area contributed by atoms with E-state index in [9.17, 15) is 4.79 Å². The highest BCUT2D eigenvalue weighted by atomic mass is 16.1. The Hall–Kier alpha value is -1.57. The summed E-state index contributed by atoms with van der Waals surface area (Å²) in [6.45, 7) is 4.26. The molecule has 2 nitrogen and oxygen atoms in total. The first-order valence-electron chi connectivity index (χ1n) is 7.26. The van der Waals surface area contributed by atoms with Crippen molar-refractivity contribution in [3.05, 3.63) is 35.0 Å². The minimum absolute atomic E-state index is 0.243. The lowest BCUT2D eigenvalue weighted by molar-refractivity contribution is -0.124. The van der Waals surface area contributed by atoms with E-state index in [1.807, 2.05) is 0 Å². The van der Waals surface area contributed by atoms with Crippen LogP contribution in [-0.2, 0) is 11.2 Å². The van der Waals surface area contributed by atoms with Crippen LogP contribution in [-0.4, -0.2) is 10.8 Å². The predicted molar refractivity (Wildman–Crippen MR) is 78.4 cm³/mol. The molecular weight excluding hydrogens is 234 g/mol. The van der Waals surface area contributed by atoms with E-state index in [2.05, 4.69) is 37.0 Å². The number of carbonyl (C=O) groups is 1. The maximum atomic E-state index is 12.0. The number of aryl methyl sites for hydroxylation is 2. The summed E-state index contributed by atoms with van der Waals surface area (Å²) in [5.74, 6) is 0.708. The molecule has 1 aliphatic carbocycles. The van der Waals surface area contributed by atoms with Gasteiger partial charge < -0.3 is 4.98 Å². The van der Waals surface area contributed by atoms with Crippen LogP contribution in [0.5, 0.6) is 0 Å². The van der Waals surface area contributed by atoms with Gasteiger partial charge in [0, 0.05) is 28.9 Å². The molecule has 2 heteroatoms. The second kappa shape index (κ2) is 4.84. The summed E-state index contributed by atoms with van der Waals surface area (Å²) in [5.41, 5.74) is 5.08. The zero-order valence-corrected chi connectivity index (χ0v) is 11.8. The van der Waals surface area contributed by atoms with E-state index >= 15 is 0 Å². The highest BCUT2D eigenvalue weighted by molar-refractivity contribution is 5.88. The lowest BCUT2D eigenvalue weighted by atomic mass is 9.83. The molecule has 1 saturated carbocycles. The minimum atomic E-state index is 0.243. The SMILES string of the molecule is Cc1[nH]c2c(C)cccc2c1CC1CCCCC1=O. The van der Waals surface area contributed by atoms with E-state index in [0.29, 0.717) is 5.78 Å². The van der Waals surface area contributed by atoms with Crippen LogP contribution in [0.4, 0.5) is 0 Å². The normalized spacial score (nSPS) is 20.1. The fourth-order valence-corrected chi connectivity index (χ4v) is 3.33. The summed E-state index contributed by atoms with van der Waals surface area (Å²) < 4.78 is 0. The molecule has 1 fully saturated rings. The fourth-order valence-electron chi connectivity index (χ4n) is 3.33. The number of benzene rings is 1. The van der Waals surface area contributed by atoms with Crippen LogP contribution in [0, 0.1) is 19.8 Å². The molecule has 1 aliphatic rings. The molecular formula is C17H21NO. The Morgan fingerprint density at radius 2 is 2.11 bits per heavy atom. The zero-order valence-electron chi connectivity index (χ0n) is 11.8. The zero-order chi connectivity index (χ0) is 13.4. The molecule has 1 aromatic carbocycles. The lowest BCUT2D eigenvalue weighted by Gasteiger charge is -2.20. The molecule has 1 N–H and O–H groups in total. The first-order chi connectivity index (χ1) is 9.16. The molecule has 100 valence electrons. The van der Waals surface area contributed by atoms with E-state index < -0.39 is 0 Å². The summed E-state index contributed by atoms with van der Waals surface area (Å²) in [5, 5.41) is 1.30. The van der Waals surface area contributed by atoms with Crippen molar-refractivity contribution in [2.75, 3.05) is 0 Å². The van der Waals surface area contributed by atoms with Crippen LogP contribution in [0.3, 0.4) is 0 Å². The van der Waals surface area contributed by atoms with E-state index in [1.165, 1.54) is 34.1 Å². The number of hydrogen-bond acceptors (Lipinski definition) is 1. The smallest absolute Gasteiger partial charge is 0.136 e. The number of nitrogens with one attached hydrogen (secondary N) is 1. The molecule has 3 rings (SSSR count). The molecule has 0 bridgehead atoms. The Balaban J connectivity index is 1.98. The van der Waals surface area contributed by atoms with Crippen molar-refractivity contribution in [1.82, 2.24) is 4.98 Å². The molecule has 1 aromatic heterocycles. The monoisotopic (exact) mass is 255 g/mol. The Bertz CT molecular complexity index is 623. The van der Waals surface area contributed by atoms with Crippen molar-refractivity contribution in [1.29, 1.82) is 0 Å². The van der Waals surface area contributed by atoms with Gasteiger partial charge in [-0.15, -0.1) is 0 Å². The highest BCUT2D eigenvalue weighted by Gasteiger charge is 2.24. The van der Waals surface area contributed by atoms with Gasteiger partial charge in [0.05, 0.1) is 0 Å². The van der Waals surface area contributed by atoms with Gasteiger partial charge in [-0.25, -0.2) is 0 Å². The van der Waals surface area contributed by atoms with Gasteiger partial charge >= 0.3 is 0 Å². The van der Waals surface area contributed by atoms with Crippen LogP contribution < -0.4 is 0 Å². The third kappa shape index (κ3) is 2.20. The van der Waals surface area contributed by atoms with Crippen molar-refractivity contribution in [2.24, 2.45) is 5.92 Å². The van der Waals surface area contributed by atoms with Gasteiger partial charge in [0.1, 0.15) is 5.78 Å². The van der Waals surface area contributed by atoms with Crippen molar-refractivity contribution in [2.45, 2.75) is 46.0 Å². The van der Waals surface area contributed by atoms with Crippen molar-refractivity contribution < 1.29 is 4.79 Å². The van der Waals surface area contributed by atoms with Crippen LogP contribution in [0.25, 0.3) is 10.9 Å². The largest absolute Gasteiger partial charge is 0.358 e. The predicted octanol–water partition coefficient (Wildman–Crippen LogP) is 4.09. The van der Waals surface area contributed by atoms with Gasteiger partial charge in [0.2, 0.25) is 0 Å². The Labute approximate surface area is 114 Å².